The molecule has 0 spiro atoms. The van der Waals surface area contributed by atoms with Gasteiger partial charge >= 0.3 is 5.97 Å². The highest BCUT2D eigenvalue weighted by atomic mass is 32.2. The van der Waals surface area contributed by atoms with Gasteiger partial charge in [0.15, 0.2) is 0 Å². The third kappa shape index (κ3) is 4.29. The third-order valence-electron chi connectivity index (χ3n) is 3.51. The van der Waals surface area contributed by atoms with Gasteiger partial charge in [-0.05, 0) is 30.9 Å². The quantitative estimate of drug-likeness (QED) is 0.843. The Kier molecular flexibility index (Phi) is 5.17. The van der Waals surface area contributed by atoms with Crippen LogP contribution in [0.1, 0.15) is 37.0 Å². The predicted octanol–water partition coefficient (Wildman–Crippen LogP) is 2.23. The molecule has 0 bridgehead atoms. The number of carbonyl (C=O) groups is 1. The Labute approximate surface area is 123 Å². The Bertz CT molecular complexity index is 559. The van der Waals surface area contributed by atoms with Gasteiger partial charge in [0.25, 0.3) is 0 Å². The van der Waals surface area contributed by atoms with E-state index in [-0.39, 0.29) is 10.6 Å². The predicted molar refractivity (Wildman–Crippen MR) is 77.4 cm³/mol. The summed E-state index contributed by atoms with van der Waals surface area (Å²) >= 11 is 1.02. The molecule has 20 heavy (non-hydrogen) atoms. The van der Waals surface area contributed by atoms with E-state index < -0.39 is 16.0 Å². The molecule has 2 N–H and O–H groups in total. The summed E-state index contributed by atoms with van der Waals surface area (Å²) in [5.41, 5.74) is 0. The van der Waals surface area contributed by atoms with Crippen LogP contribution in [0.3, 0.4) is 0 Å². The second-order valence-corrected chi connectivity index (χ2v) is 8.31. The lowest BCUT2D eigenvalue weighted by Crippen LogP contribution is -2.29. The van der Waals surface area contributed by atoms with E-state index in [1.807, 2.05) is 0 Å². The van der Waals surface area contributed by atoms with Crippen LogP contribution in [0.25, 0.3) is 0 Å². The van der Waals surface area contributed by atoms with Crippen LogP contribution < -0.4 is 4.72 Å². The van der Waals surface area contributed by atoms with E-state index in [0.717, 1.165) is 24.2 Å². The maximum Gasteiger partial charge on any atom is 0.308 e. The Morgan fingerprint density at radius 3 is 2.65 bits per heavy atom. The second kappa shape index (κ2) is 6.69. The van der Waals surface area contributed by atoms with Crippen molar-refractivity contribution >= 4 is 27.3 Å². The fourth-order valence-corrected chi connectivity index (χ4v) is 4.94. The van der Waals surface area contributed by atoms with Gasteiger partial charge in [-0.2, -0.15) is 0 Å². The number of sulfonamides is 1. The second-order valence-electron chi connectivity index (χ2n) is 5.15. The first-order valence-electron chi connectivity index (χ1n) is 6.77. The molecule has 0 unspecified atom stereocenters. The van der Waals surface area contributed by atoms with Crippen LogP contribution in [0.5, 0.6) is 0 Å². The molecule has 1 aromatic heterocycles. The molecule has 1 aromatic rings. The molecule has 1 heterocycles. The Balaban J connectivity index is 1.95. The Morgan fingerprint density at radius 1 is 1.30 bits per heavy atom. The van der Waals surface area contributed by atoms with Crippen LogP contribution in [0, 0.1) is 5.92 Å². The fourth-order valence-electron chi connectivity index (χ4n) is 2.44. The van der Waals surface area contributed by atoms with Crippen molar-refractivity contribution in [2.45, 2.75) is 42.7 Å². The van der Waals surface area contributed by atoms with Crippen molar-refractivity contribution in [2.24, 2.45) is 5.92 Å². The van der Waals surface area contributed by atoms with Crippen molar-refractivity contribution in [1.29, 1.82) is 0 Å². The van der Waals surface area contributed by atoms with Crippen LogP contribution in [-0.2, 0) is 21.2 Å². The van der Waals surface area contributed by atoms with E-state index in [9.17, 15) is 13.2 Å². The van der Waals surface area contributed by atoms with Gasteiger partial charge in [0.1, 0.15) is 4.21 Å². The zero-order valence-electron chi connectivity index (χ0n) is 11.2. The van der Waals surface area contributed by atoms with Gasteiger partial charge in [-0.1, -0.05) is 19.3 Å². The fraction of sp³-hybridized carbons (Fsp3) is 0.615. The molecule has 1 aliphatic carbocycles. The Morgan fingerprint density at radius 2 is 2.00 bits per heavy atom. The number of aliphatic carboxylic acids is 1. The zero-order chi connectivity index (χ0) is 14.6. The molecule has 2 rings (SSSR count). The lowest BCUT2D eigenvalue weighted by molar-refractivity contribution is -0.136. The largest absolute Gasteiger partial charge is 0.481 e. The number of rotatable bonds is 6. The van der Waals surface area contributed by atoms with Gasteiger partial charge in [0.2, 0.25) is 10.0 Å². The molecule has 0 saturated heterocycles. The van der Waals surface area contributed by atoms with Gasteiger partial charge in [0, 0.05) is 11.4 Å². The molecular weight excluding hydrogens is 298 g/mol. The van der Waals surface area contributed by atoms with Crippen LogP contribution >= 0.6 is 11.3 Å². The highest BCUT2D eigenvalue weighted by molar-refractivity contribution is 7.91. The molecule has 7 heteroatoms. The SMILES string of the molecule is O=C(O)Cc1ccc(S(=O)(=O)NCC2CCCCC2)s1. The molecule has 1 fully saturated rings. The average molecular weight is 317 g/mol. The Hall–Kier alpha value is -0.920. The molecular formula is C13H19NO4S2. The van der Waals surface area contributed by atoms with Crippen molar-refractivity contribution in [3.8, 4) is 0 Å². The van der Waals surface area contributed by atoms with Gasteiger partial charge in [-0.25, -0.2) is 13.1 Å². The lowest BCUT2D eigenvalue weighted by Gasteiger charge is -2.21. The van der Waals surface area contributed by atoms with Crippen molar-refractivity contribution < 1.29 is 18.3 Å². The minimum Gasteiger partial charge on any atom is -0.481 e. The smallest absolute Gasteiger partial charge is 0.308 e. The van der Waals surface area contributed by atoms with Gasteiger partial charge in [-0.15, -0.1) is 11.3 Å². The number of hydrogen-bond donors (Lipinski definition) is 2. The molecule has 0 atom stereocenters. The van der Waals surface area contributed by atoms with E-state index in [1.165, 1.54) is 25.3 Å². The first-order valence-corrected chi connectivity index (χ1v) is 9.07. The van der Waals surface area contributed by atoms with Gasteiger partial charge in [0.05, 0.1) is 6.42 Å². The zero-order valence-corrected chi connectivity index (χ0v) is 12.8. The third-order valence-corrected chi connectivity index (χ3v) is 6.51. The van der Waals surface area contributed by atoms with Crippen molar-refractivity contribution in [2.75, 3.05) is 6.54 Å². The minimum absolute atomic E-state index is 0.136. The summed E-state index contributed by atoms with van der Waals surface area (Å²) in [7, 11) is -3.50. The highest BCUT2D eigenvalue weighted by Gasteiger charge is 2.20. The van der Waals surface area contributed by atoms with E-state index in [0.29, 0.717) is 17.3 Å². The monoisotopic (exact) mass is 317 g/mol. The van der Waals surface area contributed by atoms with Gasteiger partial charge in [-0.3, -0.25) is 4.79 Å². The first kappa shape index (κ1) is 15.5. The van der Waals surface area contributed by atoms with Gasteiger partial charge < -0.3 is 5.11 Å². The molecule has 0 radical (unpaired) electrons. The van der Waals surface area contributed by atoms with Crippen LogP contribution in [-0.4, -0.2) is 26.0 Å². The molecule has 1 saturated carbocycles. The summed E-state index contributed by atoms with van der Waals surface area (Å²) in [5.74, 6) is -0.525. The number of thiophene rings is 1. The molecule has 0 amide bonds. The van der Waals surface area contributed by atoms with E-state index in [4.69, 9.17) is 5.11 Å². The minimum atomic E-state index is -3.50. The summed E-state index contributed by atoms with van der Waals surface area (Å²) in [6, 6.07) is 3.04. The van der Waals surface area contributed by atoms with Crippen LogP contribution in [0.2, 0.25) is 0 Å². The van der Waals surface area contributed by atoms with Crippen molar-refractivity contribution in [1.82, 2.24) is 4.72 Å². The van der Waals surface area contributed by atoms with Crippen LogP contribution in [0.15, 0.2) is 16.3 Å². The molecule has 5 nitrogen and oxygen atoms in total. The maximum absolute atomic E-state index is 12.1. The molecule has 1 aliphatic rings. The normalized spacial score (nSPS) is 17.2. The standard InChI is InChI=1S/C13H19NO4S2/c15-12(16)8-11-6-7-13(19-11)20(17,18)14-9-10-4-2-1-3-5-10/h6-7,10,14H,1-5,8-9H2,(H,15,16). The number of hydrogen-bond acceptors (Lipinski definition) is 4. The lowest BCUT2D eigenvalue weighted by atomic mass is 9.90. The number of nitrogens with one attached hydrogen (secondary N) is 1. The summed E-state index contributed by atoms with van der Waals surface area (Å²) in [4.78, 5) is 11.2. The summed E-state index contributed by atoms with van der Waals surface area (Å²) < 4.78 is 27.1. The van der Waals surface area contributed by atoms with E-state index in [1.54, 1.807) is 6.07 Å². The maximum atomic E-state index is 12.1. The summed E-state index contributed by atoms with van der Waals surface area (Å²) in [6.07, 6.45) is 5.62. The first-order chi connectivity index (χ1) is 9.47. The summed E-state index contributed by atoms with van der Waals surface area (Å²) in [6.45, 7) is 0.481. The number of carboxylic acids is 1. The molecule has 0 aromatic carbocycles. The molecule has 0 aliphatic heterocycles. The van der Waals surface area contributed by atoms with E-state index in [2.05, 4.69) is 4.72 Å². The van der Waals surface area contributed by atoms with E-state index >= 15 is 0 Å². The average Bonchev–Trinajstić information content (AvgIpc) is 2.86. The number of carboxylic acid groups (broad SMARTS) is 1. The highest BCUT2D eigenvalue weighted by Crippen LogP contribution is 2.25. The molecule has 112 valence electrons. The topological polar surface area (TPSA) is 83.5 Å². The van der Waals surface area contributed by atoms with Crippen LogP contribution in [0.4, 0.5) is 0 Å². The van der Waals surface area contributed by atoms with Crippen molar-refractivity contribution in [3.63, 3.8) is 0 Å². The summed E-state index contributed by atoms with van der Waals surface area (Å²) in [5, 5.41) is 8.69. The van der Waals surface area contributed by atoms with Crippen molar-refractivity contribution in [3.05, 3.63) is 17.0 Å².